The average molecular weight is 296 g/mol. The van der Waals surface area contributed by atoms with E-state index in [4.69, 9.17) is 15.3 Å². The molecule has 21 heavy (non-hydrogen) atoms. The van der Waals surface area contributed by atoms with Crippen molar-refractivity contribution < 1.29 is 29.5 Å². The van der Waals surface area contributed by atoms with Crippen molar-refractivity contribution in [1.29, 1.82) is 0 Å². The van der Waals surface area contributed by atoms with E-state index in [1.165, 1.54) is 11.8 Å². The molecule has 1 unspecified atom stereocenters. The van der Waals surface area contributed by atoms with Crippen molar-refractivity contribution in [3.63, 3.8) is 0 Å². The highest BCUT2D eigenvalue weighted by atomic mass is 16.6. The Morgan fingerprint density at radius 3 is 2.76 bits per heavy atom. The van der Waals surface area contributed by atoms with Gasteiger partial charge in [-0.2, -0.15) is 0 Å². The summed E-state index contributed by atoms with van der Waals surface area (Å²) in [5.41, 5.74) is 1.32. The highest BCUT2D eigenvalue weighted by Gasteiger charge is 2.44. The van der Waals surface area contributed by atoms with Crippen LogP contribution in [-0.2, 0) is 4.74 Å². The summed E-state index contributed by atoms with van der Waals surface area (Å²) in [6.45, 7) is -0.373. The number of nitrogens with two attached hydrogens (primary N) is 1. The molecule has 2 aromatic rings. The van der Waals surface area contributed by atoms with E-state index in [1.807, 2.05) is 0 Å². The summed E-state index contributed by atoms with van der Waals surface area (Å²) >= 11 is 0. The third-order valence-electron chi connectivity index (χ3n) is 3.80. The molecule has 0 aliphatic carbocycles. The number of hydrogen-bond acceptors (Lipinski definition) is 6. The van der Waals surface area contributed by atoms with Crippen molar-refractivity contribution >= 4 is 11.0 Å². The number of aromatic nitrogens is 2. The number of nitrogen functional groups attached to an aromatic ring is 1. The fourth-order valence-electron chi connectivity index (χ4n) is 2.69. The Labute approximate surface area is 120 Å². The Morgan fingerprint density at radius 2 is 2.14 bits per heavy atom. The summed E-state index contributed by atoms with van der Waals surface area (Å²) in [6, 6.07) is 3.45. The third-order valence-corrected chi connectivity index (χ3v) is 3.80. The largest absolute Gasteiger partial charge is 0.494 e. The molecule has 8 nitrogen and oxygen atoms in total. The lowest BCUT2D eigenvalue weighted by molar-refractivity contribution is -0.611. The van der Waals surface area contributed by atoms with Crippen LogP contribution in [0.25, 0.3) is 11.0 Å². The smallest absolute Gasteiger partial charge is 0.263 e. The van der Waals surface area contributed by atoms with E-state index >= 15 is 0 Å². The van der Waals surface area contributed by atoms with Crippen LogP contribution in [0.4, 0.5) is 0 Å². The number of pyridine rings is 1. The standard InChI is InChI=1S/C13H18N3O5/c1-20-8-3-5-16(14)7-2-4-15(10(7)8)13-12(19)11(18)9(6-17)21-13/h2-5,9,11-13,17-19H,6,14H2,1H3/q+1/t9-,11-,12?,13-/m1/s1. The Bertz CT molecular complexity index is 659. The highest BCUT2D eigenvalue weighted by molar-refractivity contribution is 5.79. The molecule has 3 heterocycles. The van der Waals surface area contributed by atoms with Gasteiger partial charge in [0.1, 0.15) is 18.3 Å². The number of methoxy groups -OCH3 is 1. The minimum atomic E-state index is -1.16. The molecule has 8 heteroatoms. The van der Waals surface area contributed by atoms with Gasteiger partial charge in [0.05, 0.1) is 13.7 Å². The SMILES string of the molecule is COc1cc[n+](N)c2ccn([C@@H]3O[C@H](CO)[C@@H](O)C3O)c12. The van der Waals surface area contributed by atoms with Gasteiger partial charge in [-0.3, -0.25) is 0 Å². The molecular weight excluding hydrogens is 278 g/mol. The fourth-order valence-corrected chi connectivity index (χ4v) is 2.69. The van der Waals surface area contributed by atoms with Gasteiger partial charge < -0.3 is 29.4 Å². The van der Waals surface area contributed by atoms with E-state index in [-0.39, 0.29) is 6.61 Å². The lowest BCUT2D eigenvalue weighted by Gasteiger charge is -2.18. The molecule has 0 spiro atoms. The summed E-state index contributed by atoms with van der Waals surface area (Å²) in [4.78, 5) is 0. The van der Waals surface area contributed by atoms with Gasteiger partial charge in [-0.25, -0.2) is 5.84 Å². The molecule has 4 atom stereocenters. The van der Waals surface area contributed by atoms with Crippen molar-refractivity contribution in [3.8, 4) is 5.75 Å². The summed E-state index contributed by atoms with van der Waals surface area (Å²) in [7, 11) is 1.53. The minimum Gasteiger partial charge on any atom is -0.494 e. The summed E-state index contributed by atoms with van der Waals surface area (Å²) < 4.78 is 13.9. The lowest BCUT2D eigenvalue weighted by atomic mass is 10.1. The van der Waals surface area contributed by atoms with Crippen molar-refractivity contribution in [1.82, 2.24) is 4.57 Å². The number of aliphatic hydroxyl groups is 3. The van der Waals surface area contributed by atoms with E-state index in [9.17, 15) is 15.3 Å². The Kier molecular flexibility index (Phi) is 3.46. The molecule has 0 bridgehead atoms. The summed E-state index contributed by atoms with van der Waals surface area (Å²) in [5.74, 6) is 6.43. The van der Waals surface area contributed by atoms with Gasteiger partial charge in [-0.1, -0.05) is 4.68 Å². The molecule has 5 N–H and O–H groups in total. The summed E-state index contributed by atoms with van der Waals surface area (Å²) in [6.07, 6.45) is -0.626. The van der Waals surface area contributed by atoms with Gasteiger partial charge in [-0.05, 0) is 0 Å². The molecule has 2 aromatic heterocycles. The predicted molar refractivity (Wildman–Crippen MR) is 71.8 cm³/mol. The molecule has 0 amide bonds. The summed E-state index contributed by atoms with van der Waals surface area (Å²) in [5, 5.41) is 29.2. The van der Waals surface area contributed by atoms with Crippen LogP contribution in [0.15, 0.2) is 24.5 Å². The van der Waals surface area contributed by atoms with Crippen molar-refractivity contribution in [3.05, 3.63) is 24.5 Å². The van der Waals surface area contributed by atoms with Gasteiger partial charge in [0.15, 0.2) is 17.5 Å². The van der Waals surface area contributed by atoms with E-state index in [0.717, 1.165) is 0 Å². The Morgan fingerprint density at radius 1 is 1.38 bits per heavy atom. The number of ether oxygens (including phenoxy) is 2. The van der Waals surface area contributed by atoms with Gasteiger partial charge >= 0.3 is 0 Å². The zero-order valence-corrected chi connectivity index (χ0v) is 11.5. The average Bonchev–Trinajstić information content (AvgIpc) is 3.04. The number of fused-ring (bicyclic) bond motifs is 1. The van der Waals surface area contributed by atoms with E-state index < -0.39 is 24.5 Å². The first kappa shape index (κ1) is 14.1. The topological polar surface area (TPSA) is 114 Å². The van der Waals surface area contributed by atoms with Crippen LogP contribution in [-0.4, -0.2) is 51.9 Å². The normalized spacial score (nSPS) is 29.1. The molecule has 0 saturated carbocycles. The van der Waals surface area contributed by atoms with Crippen LogP contribution in [0.3, 0.4) is 0 Å². The van der Waals surface area contributed by atoms with Crippen molar-refractivity contribution in [2.45, 2.75) is 24.5 Å². The number of hydrogen-bond donors (Lipinski definition) is 4. The maximum Gasteiger partial charge on any atom is 0.263 e. The minimum absolute atomic E-state index is 0.373. The van der Waals surface area contributed by atoms with Gasteiger partial charge in [0.25, 0.3) is 5.52 Å². The van der Waals surface area contributed by atoms with Gasteiger partial charge in [0, 0.05) is 18.3 Å². The van der Waals surface area contributed by atoms with E-state index in [0.29, 0.717) is 16.8 Å². The second-order valence-electron chi connectivity index (χ2n) is 4.98. The first-order valence-corrected chi connectivity index (χ1v) is 6.55. The Balaban J connectivity index is 2.11. The number of rotatable bonds is 3. The maximum atomic E-state index is 10.1. The van der Waals surface area contributed by atoms with Gasteiger partial charge in [-0.15, -0.1) is 0 Å². The fraction of sp³-hybridized carbons (Fsp3) is 0.462. The zero-order chi connectivity index (χ0) is 15.1. The second-order valence-corrected chi connectivity index (χ2v) is 4.98. The Hall–Kier alpha value is -1.87. The first-order chi connectivity index (χ1) is 10.1. The van der Waals surface area contributed by atoms with Crippen LogP contribution in [0.5, 0.6) is 5.75 Å². The van der Waals surface area contributed by atoms with Crippen LogP contribution in [0, 0.1) is 0 Å². The van der Waals surface area contributed by atoms with Crippen LogP contribution in [0.2, 0.25) is 0 Å². The monoisotopic (exact) mass is 296 g/mol. The molecule has 114 valence electrons. The zero-order valence-electron chi connectivity index (χ0n) is 11.5. The molecule has 3 rings (SSSR count). The van der Waals surface area contributed by atoms with Crippen LogP contribution < -0.4 is 15.3 Å². The van der Waals surface area contributed by atoms with Crippen LogP contribution in [0.1, 0.15) is 6.23 Å². The molecule has 1 aliphatic heterocycles. The molecule has 1 fully saturated rings. The number of aliphatic hydroxyl groups excluding tert-OH is 3. The molecular formula is C13H18N3O5+. The van der Waals surface area contributed by atoms with E-state index in [1.54, 1.807) is 29.1 Å². The van der Waals surface area contributed by atoms with Crippen molar-refractivity contribution in [2.24, 2.45) is 0 Å². The van der Waals surface area contributed by atoms with Crippen molar-refractivity contribution in [2.75, 3.05) is 19.6 Å². The number of nitrogens with zero attached hydrogens (tertiary/aromatic N) is 2. The molecule has 1 aliphatic rings. The molecule has 1 saturated heterocycles. The molecule has 0 radical (unpaired) electrons. The quantitative estimate of drug-likeness (QED) is 0.395. The second kappa shape index (κ2) is 5.15. The van der Waals surface area contributed by atoms with E-state index in [2.05, 4.69) is 0 Å². The highest BCUT2D eigenvalue weighted by Crippen LogP contribution is 2.34. The lowest BCUT2D eigenvalue weighted by Crippen LogP contribution is -2.44. The van der Waals surface area contributed by atoms with Gasteiger partial charge in [0.2, 0.25) is 6.20 Å². The third kappa shape index (κ3) is 2.04. The van der Waals surface area contributed by atoms with Crippen LogP contribution >= 0.6 is 0 Å². The maximum absolute atomic E-state index is 10.1. The first-order valence-electron chi connectivity index (χ1n) is 6.55. The molecule has 0 aromatic carbocycles. The predicted octanol–water partition coefficient (Wildman–Crippen LogP) is -1.74.